The molecule has 0 atom stereocenters. The van der Waals surface area contributed by atoms with Gasteiger partial charge in [-0.1, -0.05) is 0 Å². The minimum Gasteiger partial charge on any atom is -0.388 e. The van der Waals surface area contributed by atoms with E-state index in [1.165, 1.54) is 0 Å². The number of hydrogen-bond donors (Lipinski definition) is 1. The highest BCUT2D eigenvalue weighted by atomic mass is 19.3. The second-order valence-electron chi connectivity index (χ2n) is 3.62. The van der Waals surface area contributed by atoms with Crippen LogP contribution < -0.4 is 0 Å². The van der Waals surface area contributed by atoms with Crippen LogP contribution in [0.25, 0.3) is 0 Å². The van der Waals surface area contributed by atoms with Gasteiger partial charge in [-0.05, 0) is 12.8 Å². The summed E-state index contributed by atoms with van der Waals surface area (Å²) in [6, 6.07) is -0.295. The maximum Gasteiger partial charge on any atom is 0.365 e. The third-order valence-corrected chi connectivity index (χ3v) is 2.39. The molecule has 0 unspecified atom stereocenters. The summed E-state index contributed by atoms with van der Waals surface area (Å²) >= 11 is 0. The van der Waals surface area contributed by atoms with Gasteiger partial charge in [-0.2, -0.15) is 8.78 Å². The van der Waals surface area contributed by atoms with Gasteiger partial charge in [0.25, 0.3) is 0 Å². The van der Waals surface area contributed by atoms with Crippen LogP contribution >= 0.6 is 0 Å². The number of alkyl halides is 4. The topological polar surface area (TPSA) is 50.9 Å². The second-order valence-corrected chi connectivity index (χ2v) is 3.62. The molecular formula is C8H9F4N3O. The molecule has 16 heavy (non-hydrogen) atoms. The molecule has 1 aliphatic carbocycles. The van der Waals surface area contributed by atoms with Crippen molar-refractivity contribution in [1.82, 2.24) is 14.8 Å². The molecular weight excluding hydrogens is 230 g/mol. The van der Waals surface area contributed by atoms with Gasteiger partial charge in [-0.3, -0.25) is 0 Å². The summed E-state index contributed by atoms with van der Waals surface area (Å²) in [5, 5.41) is 15.2. The maximum absolute atomic E-state index is 13.1. The van der Waals surface area contributed by atoms with E-state index in [4.69, 9.17) is 5.11 Å². The molecule has 1 aromatic heterocycles. The largest absolute Gasteiger partial charge is 0.388 e. The fraction of sp³-hybridized carbons (Fsp3) is 0.750. The van der Waals surface area contributed by atoms with Gasteiger partial charge in [-0.15, -0.1) is 10.2 Å². The van der Waals surface area contributed by atoms with Gasteiger partial charge in [-0.25, -0.2) is 8.78 Å². The number of aromatic nitrogens is 3. The molecule has 1 heterocycles. The molecule has 1 aromatic rings. The van der Waals surface area contributed by atoms with E-state index < -0.39 is 24.8 Å². The molecule has 4 nitrogen and oxygen atoms in total. The molecule has 1 fully saturated rings. The third kappa shape index (κ3) is 1.66. The van der Waals surface area contributed by atoms with E-state index in [0.29, 0.717) is 12.8 Å². The van der Waals surface area contributed by atoms with Gasteiger partial charge in [0.2, 0.25) is 5.82 Å². The van der Waals surface area contributed by atoms with Gasteiger partial charge in [0, 0.05) is 6.04 Å². The molecule has 1 N–H and O–H groups in total. The van der Waals surface area contributed by atoms with Crippen LogP contribution in [0.4, 0.5) is 17.6 Å². The zero-order valence-corrected chi connectivity index (χ0v) is 8.08. The summed E-state index contributed by atoms with van der Waals surface area (Å²) in [6.07, 6.45) is -2.62. The Morgan fingerprint density at radius 2 is 2.00 bits per heavy atom. The van der Waals surface area contributed by atoms with E-state index in [1.807, 2.05) is 0 Å². The fourth-order valence-corrected chi connectivity index (χ4v) is 1.47. The zero-order valence-electron chi connectivity index (χ0n) is 8.08. The summed E-state index contributed by atoms with van der Waals surface area (Å²) in [6.45, 7) is -0.594. The van der Waals surface area contributed by atoms with E-state index in [-0.39, 0.29) is 11.9 Å². The van der Waals surface area contributed by atoms with Crippen molar-refractivity contribution in [3.8, 4) is 0 Å². The quantitative estimate of drug-likeness (QED) is 0.809. The monoisotopic (exact) mass is 239 g/mol. The lowest BCUT2D eigenvalue weighted by atomic mass is 10.3. The van der Waals surface area contributed by atoms with E-state index in [1.54, 1.807) is 0 Å². The van der Waals surface area contributed by atoms with Crippen LogP contribution in [-0.4, -0.2) is 26.3 Å². The second kappa shape index (κ2) is 3.69. The number of rotatable bonds is 4. The Hall–Kier alpha value is -1.18. The van der Waals surface area contributed by atoms with Gasteiger partial charge in [0.1, 0.15) is 6.61 Å². The highest BCUT2D eigenvalue weighted by Gasteiger charge is 2.49. The maximum atomic E-state index is 13.1. The standard InChI is InChI=1S/C8H9F4N3O/c9-6(10)8(11,12)7-14-13-5(3-16)15(7)4-1-2-4/h4,6,16H,1-3H2. The van der Waals surface area contributed by atoms with Crippen molar-refractivity contribution in [2.24, 2.45) is 0 Å². The first-order valence-corrected chi connectivity index (χ1v) is 4.69. The number of aliphatic hydroxyl groups excluding tert-OH is 1. The summed E-state index contributed by atoms with van der Waals surface area (Å²) < 4.78 is 51.5. The first kappa shape index (κ1) is 11.3. The highest BCUT2D eigenvalue weighted by Crippen LogP contribution is 2.42. The molecule has 0 spiro atoms. The first-order valence-electron chi connectivity index (χ1n) is 4.69. The minimum absolute atomic E-state index is 0.0992. The average molecular weight is 239 g/mol. The van der Waals surface area contributed by atoms with Gasteiger partial charge in [0.15, 0.2) is 5.82 Å². The molecule has 0 bridgehead atoms. The first-order chi connectivity index (χ1) is 7.48. The Balaban J connectivity index is 2.44. The fourth-order valence-electron chi connectivity index (χ4n) is 1.47. The molecule has 1 aliphatic rings. The van der Waals surface area contributed by atoms with Crippen molar-refractivity contribution in [3.05, 3.63) is 11.6 Å². The van der Waals surface area contributed by atoms with Crippen LogP contribution in [0.15, 0.2) is 0 Å². The lowest BCUT2D eigenvalue weighted by Gasteiger charge is -2.16. The molecule has 0 saturated heterocycles. The van der Waals surface area contributed by atoms with Crippen molar-refractivity contribution < 1.29 is 22.7 Å². The van der Waals surface area contributed by atoms with E-state index in [9.17, 15) is 17.6 Å². The highest BCUT2D eigenvalue weighted by molar-refractivity contribution is 5.08. The summed E-state index contributed by atoms with van der Waals surface area (Å²) in [4.78, 5) is 0. The molecule has 0 aliphatic heterocycles. The van der Waals surface area contributed by atoms with Crippen molar-refractivity contribution in [2.45, 2.75) is 37.8 Å². The lowest BCUT2D eigenvalue weighted by molar-refractivity contribution is -0.143. The Labute approximate surface area is 87.9 Å². The van der Waals surface area contributed by atoms with Crippen molar-refractivity contribution in [3.63, 3.8) is 0 Å². The molecule has 1 saturated carbocycles. The van der Waals surface area contributed by atoms with Crippen LogP contribution in [0.3, 0.4) is 0 Å². The molecule has 8 heteroatoms. The Bertz CT molecular complexity index is 389. The van der Waals surface area contributed by atoms with Crippen LogP contribution in [0, 0.1) is 0 Å². The zero-order chi connectivity index (χ0) is 11.9. The number of hydrogen-bond acceptors (Lipinski definition) is 3. The number of nitrogens with zero attached hydrogens (tertiary/aromatic N) is 3. The summed E-state index contributed by atoms with van der Waals surface area (Å²) in [5.74, 6) is -5.49. The van der Waals surface area contributed by atoms with Crippen LogP contribution in [-0.2, 0) is 12.5 Å². The lowest BCUT2D eigenvalue weighted by Crippen LogP contribution is -2.28. The van der Waals surface area contributed by atoms with E-state index >= 15 is 0 Å². The van der Waals surface area contributed by atoms with Crippen molar-refractivity contribution in [1.29, 1.82) is 0 Å². The number of aliphatic hydroxyl groups is 1. The summed E-state index contributed by atoms with van der Waals surface area (Å²) in [7, 11) is 0. The van der Waals surface area contributed by atoms with Crippen LogP contribution in [0.1, 0.15) is 30.5 Å². The van der Waals surface area contributed by atoms with E-state index in [2.05, 4.69) is 10.2 Å². The van der Waals surface area contributed by atoms with Gasteiger partial charge < -0.3 is 9.67 Å². The van der Waals surface area contributed by atoms with Crippen LogP contribution in [0.2, 0.25) is 0 Å². The average Bonchev–Trinajstić information content (AvgIpc) is 2.96. The van der Waals surface area contributed by atoms with Crippen molar-refractivity contribution >= 4 is 0 Å². The SMILES string of the molecule is OCc1nnc(C(F)(F)C(F)F)n1C1CC1. The van der Waals surface area contributed by atoms with Crippen LogP contribution in [0.5, 0.6) is 0 Å². The van der Waals surface area contributed by atoms with E-state index in [0.717, 1.165) is 4.57 Å². The molecule has 0 radical (unpaired) electrons. The van der Waals surface area contributed by atoms with Crippen molar-refractivity contribution in [2.75, 3.05) is 0 Å². The molecule has 90 valence electrons. The Morgan fingerprint density at radius 1 is 1.38 bits per heavy atom. The predicted molar refractivity (Wildman–Crippen MR) is 44.1 cm³/mol. The molecule has 0 aromatic carbocycles. The molecule has 2 rings (SSSR count). The minimum atomic E-state index is -4.33. The smallest absolute Gasteiger partial charge is 0.365 e. The van der Waals surface area contributed by atoms with Gasteiger partial charge >= 0.3 is 12.3 Å². The Kier molecular flexibility index (Phi) is 2.61. The third-order valence-electron chi connectivity index (χ3n) is 2.39. The summed E-state index contributed by atoms with van der Waals surface area (Å²) in [5.41, 5.74) is 0. The molecule has 0 amide bonds. The Morgan fingerprint density at radius 3 is 2.44 bits per heavy atom. The number of halogens is 4. The van der Waals surface area contributed by atoms with Gasteiger partial charge in [0.05, 0.1) is 0 Å². The normalized spacial score (nSPS) is 17.1. The predicted octanol–water partition coefficient (Wildman–Crippen LogP) is 1.46.